The van der Waals surface area contributed by atoms with E-state index in [0.717, 1.165) is 0 Å². The number of rotatable bonds is 1. The molecule has 0 saturated heterocycles. The summed E-state index contributed by atoms with van der Waals surface area (Å²) in [7, 11) is 2.80. The van der Waals surface area contributed by atoms with Crippen LogP contribution in [0.2, 0.25) is 0 Å². The number of aromatic nitrogens is 2. The first-order chi connectivity index (χ1) is 6.13. The fourth-order valence-electron chi connectivity index (χ4n) is 0.691. The van der Waals surface area contributed by atoms with Gasteiger partial charge in [-0.15, -0.1) is 0 Å². The molecule has 0 aliphatic heterocycles. The molecule has 6 heteroatoms. The largest absolute Gasteiger partial charge is 0.453 e. The molecule has 0 atom stereocenters. The molecular weight excluding hydrogens is 174 g/mol. The van der Waals surface area contributed by atoms with Crippen LogP contribution in [0, 0.1) is 0 Å². The second kappa shape index (κ2) is 3.70. The minimum Gasteiger partial charge on any atom is -0.453 e. The van der Waals surface area contributed by atoms with Crippen molar-refractivity contribution in [3.8, 4) is 0 Å². The van der Waals surface area contributed by atoms with E-state index in [4.69, 9.17) is 0 Å². The molecule has 6 nitrogen and oxygen atoms in total. The van der Waals surface area contributed by atoms with E-state index < -0.39 is 11.8 Å². The highest BCUT2D eigenvalue weighted by Gasteiger charge is 2.01. The Morgan fingerprint density at radius 1 is 1.69 bits per heavy atom. The Morgan fingerprint density at radius 2 is 2.38 bits per heavy atom. The number of nitrogens with one attached hydrogen (secondary N) is 1. The molecule has 0 spiro atoms. The molecule has 0 saturated carbocycles. The fourth-order valence-corrected chi connectivity index (χ4v) is 0.691. The van der Waals surface area contributed by atoms with Gasteiger partial charge >= 0.3 is 11.8 Å². The summed E-state index contributed by atoms with van der Waals surface area (Å²) in [6.45, 7) is 0. The van der Waals surface area contributed by atoms with Crippen LogP contribution < -0.4 is 11.0 Å². The summed E-state index contributed by atoms with van der Waals surface area (Å²) in [4.78, 5) is 25.2. The minimum absolute atomic E-state index is 0.176. The summed E-state index contributed by atoms with van der Waals surface area (Å²) in [6.07, 6.45) is 0.849. The van der Waals surface area contributed by atoms with Crippen molar-refractivity contribution in [3.63, 3.8) is 0 Å². The Kier molecular flexibility index (Phi) is 2.63. The van der Waals surface area contributed by atoms with Crippen molar-refractivity contribution in [3.05, 3.63) is 22.7 Å². The number of hydrogen-bond donors (Lipinski definition) is 1. The third kappa shape index (κ3) is 2.29. The fraction of sp³-hybridized carbons (Fsp3) is 0.286. The van der Waals surface area contributed by atoms with Crippen molar-refractivity contribution in [1.29, 1.82) is 0 Å². The average Bonchev–Trinajstić information content (AvgIpc) is 2.11. The summed E-state index contributed by atoms with van der Waals surface area (Å²) >= 11 is 0. The van der Waals surface area contributed by atoms with Crippen LogP contribution >= 0.6 is 0 Å². The molecule has 1 heterocycles. The Bertz CT molecular complexity index is 371. The lowest BCUT2D eigenvalue weighted by molar-refractivity contribution is 0.187. The lowest BCUT2D eigenvalue weighted by Gasteiger charge is -2.02. The van der Waals surface area contributed by atoms with Crippen LogP contribution in [-0.2, 0) is 11.8 Å². The summed E-state index contributed by atoms with van der Waals surface area (Å²) in [5.74, 6) is 0.176. The van der Waals surface area contributed by atoms with Gasteiger partial charge in [0, 0.05) is 13.2 Å². The maximum atomic E-state index is 11.0. The van der Waals surface area contributed by atoms with Crippen molar-refractivity contribution in [2.24, 2.45) is 7.05 Å². The smallest absolute Gasteiger partial charge is 0.412 e. The van der Waals surface area contributed by atoms with Crippen molar-refractivity contribution in [2.75, 3.05) is 12.4 Å². The number of anilines is 1. The first-order valence-electron chi connectivity index (χ1n) is 3.52. The Hall–Kier alpha value is -1.85. The Labute approximate surface area is 74.2 Å². The van der Waals surface area contributed by atoms with E-state index >= 15 is 0 Å². The number of nitrogens with zero attached hydrogens (tertiary/aromatic N) is 2. The molecule has 0 aromatic carbocycles. The molecule has 0 aliphatic carbocycles. The highest BCUT2D eigenvalue weighted by Crippen LogP contribution is 1.96. The van der Waals surface area contributed by atoms with Crippen LogP contribution in [0.25, 0.3) is 0 Å². The maximum absolute atomic E-state index is 11.0. The molecule has 0 fully saturated rings. The van der Waals surface area contributed by atoms with Gasteiger partial charge in [0.05, 0.1) is 7.11 Å². The van der Waals surface area contributed by atoms with E-state index in [1.807, 2.05) is 0 Å². The van der Waals surface area contributed by atoms with E-state index in [1.54, 1.807) is 7.05 Å². The minimum atomic E-state index is -0.652. The van der Waals surface area contributed by atoms with Gasteiger partial charge < -0.3 is 9.30 Å². The Balaban J connectivity index is 2.86. The molecule has 13 heavy (non-hydrogen) atoms. The van der Waals surface area contributed by atoms with Crippen LogP contribution in [0.15, 0.2) is 17.1 Å². The monoisotopic (exact) mass is 183 g/mol. The zero-order valence-corrected chi connectivity index (χ0v) is 7.27. The van der Waals surface area contributed by atoms with Crippen LogP contribution in [0.4, 0.5) is 10.6 Å². The SMILES string of the molecule is COC(=O)Nc1ccn(C)c(=O)n1. The van der Waals surface area contributed by atoms with Crippen molar-refractivity contribution >= 4 is 11.9 Å². The Morgan fingerprint density at radius 3 is 2.92 bits per heavy atom. The average molecular weight is 183 g/mol. The van der Waals surface area contributed by atoms with E-state index in [2.05, 4.69) is 15.0 Å². The molecule has 1 aromatic rings. The van der Waals surface area contributed by atoms with E-state index in [9.17, 15) is 9.59 Å². The first-order valence-corrected chi connectivity index (χ1v) is 3.52. The van der Waals surface area contributed by atoms with E-state index in [0.29, 0.717) is 0 Å². The molecule has 0 radical (unpaired) electrons. The third-order valence-corrected chi connectivity index (χ3v) is 1.39. The standard InChI is InChI=1S/C7H9N3O3/c1-10-4-3-5(8-6(10)11)9-7(12)13-2/h3-4H,1-2H3,(H,8,9,11,12). The van der Waals surface area contributed by atoms with Crippen molar-refractivity contribution in [2.45, 2.75) is 0 Å². The first kappa shape index (κ1) is 9.24. The number of hydrogen-bond acceptors (Lipinski definition) is 4. The molecule has 0 aliphatic rings. The number of carbonyl (C=O) groups is 1. The molecule has 1 N–H and O–H groups in total. The molecule has 1 rings (SSSR count). The molecule has 70 valence electrons. The van der Waals surface area contributed by atoms with Gasteiger partial charge in [-0.1, -0.05) is 0 Å². The molecular formula is C7H9N3O3. The third-order valence-electron chi connectivity index (χ3n) is 1.39. The van der Waals surface area contributed by atoms with Crippen molar-refractivity contribution in [1.82, 2.24) is 9.55 Å². The van der Waals surface area contributed by atoms with Crippen LogP contribution in [0.3, 0.4) is 0 Å². The second-order valence-corrected chi connectivity index (χ2v) is 2.32. The highest BCUT2D eigenvalue weighted by atomic mass is 16.5. The topological polar surface area (TPSA) is 73.2 Å². The number of methoxy groups -OCH3 is 1. The zero-order valence-electron chi connectivity index (χ0n) is 7.27. The number of aryl methyl sites for hydroxylation is 1. The number of ether oxygens (including phenoxy) is 1. The van der Waals surface area contributed by atoms with Gasteiger partial charge in [-0.25, -0.2) is 9.59 Å². The van der Waals surface area contributed by atoms with Gasteiger partial charge in [0.25, 0.3) is 0 Å². The van der Waals surface area contributed by atoms with Gasteiger partial charge in [0.15, 0.2) is 0 Å². The van der Waals surface area contributed by atoms with Gasteiger partial charge in [0.2, 0.25) is 0 Å². The molecule has 0 bridgehead atoms. The summed E-state index contributed by atoms with van der Waals surface area (Å²) in [5, 5.41) is 2.27. The lowest BCUT2D eigenvalue weighted by atomic mass is 10.6. The normalized spacial score (nSPS) is 9.38. The summed E-state index contributed by atoms with van der Waals surface area (Å²) < 4.78 is 5.62. The van der Waals surface area contributed by atoms with Crippen molar-refractivity contribution < 1.29 is 9.53 Å². The molecule has 0 unspecified atom stereocenters. The van der Waals surface area contributed by atoms with Crippen LogP contribution in [-0.4, -0.2) is 22.8 Å². The van der Waals surface area contributed by atoms with Gasteiger partial charge in [-0.2, -0.15) is 4.98 Å². The van der Waals surface area contributed by atoms with Crippen LogP contribution in [0.5, 0.6) is 0 Å². The zero-order chi connectivity index (χ0) is 9.84. The van der Waals surface area contributed by atoms with Crippen LogP contribution in [0.1, 0.15) is 0 Å². The second-order valence-electron chi connectivity index (χ2n) is 2.32. The summed E-state index contributed by atoms with van der Waals surface area (Å²) in [5.41, 5.74) is -0.436. The predicted molar refractivity (Wildman–Crippen MR) is 45.5 cm³/mol. The predicted octanol–water partition coefficient (Wildman–Crippen LogP) is -0.0414. The van der Waals surface area contributed by atoms with Gasteiger partial charge in [0.1, 0.15) is 5.82 Å². The summed E-state index contributed by atoms with van der Waals surface area (Å²) in [6, 6.07) is 1.50. The molecule has 1 aromatic heterocycles. The van der Waals surface area contributed by atoms with Gasteiger partial charge in [-0.3, -0.25) is 5.32 Å². The highest BCUT2D eigenvalue weighted by molar-refractivity contribution is 5.82. The van der Waals surface area contributed by atoms with E-state index in [-0.39, 0.29) is 5.82 Å². The van der Waals surface area contributed by atoms with E-state index in [1.165, 1.54) is 23.9 Å². The lowest BCUT2D eigenvalue weighted by Crippen LogP contribution is -2.22. The molecule has 1 amide bonds. The quantitative estimate of drug-likeness (QED) is 0.662. The number of amides is 1. The number of carbonyl (C=O) groups excluding carboxylic acids is 1. The van der Waals surface area contributed by atoms with Gasteiger partial charge in [-0.05, 0) is 6.07 Å². The maximum Gasteiger partial charge on any atom is 0.412 e.